The maximum Gasteiger partial charge on any atom is 0.280 e. The summed E-state index contributed by atoms with van der Waals surface area (Å²) in [6, 6.07) is 11.0. The number of hydrogen-bond acceptors (Lipinski definition) is 5. The maximum absolute atomic E-state index is 13.0. The van der Waals surface area contributed by atoms with Crippen molar-refractivity contribution in [1.82, 2.24) is 14.9 Å². The lowest BCUT2D eigenvalue weighted by atomic mass is 10.0. The Balaban J connectivity index is 1.61. The van der Waals surface area contributed by atoms with Crippen LogP contribution >= 0.6 is 0 Å². The molecule has 0 radical (unpaired) electrons. The zero-order valence-corrected chi connectivity index (χ0v) is 14.0. The van der Waals surface area contributed by atoms with E-state index in [1.165, 1.54) is 0 Å². The van der Waals surface area contributed by atoms with Crippen molar-refractivity contribution in [1.29, 1.82) is 0 Å². The van der Waals surface area contributed by atoms with E-state index in [0.717, 1.165) is 5.69 Å². The second-order valence-corrected chi connectivity index (χ2v) is 6.60. The predicted molar refractivity (Wildman–Crippen MR) is 90.7 cm³/mol. The second-order valence-electron chi connectivity index (χ2n) is 6.60. The fourth-order valence-corrected chi connectivity index (χ4v) is 2.92. The van der Waals surface area contributed by atoms with Crippen LogP contribution in [0.2, 0.25) is 0 Å². The number of para-hydroxylation sites is 2. The van der Waals surface area contributed by atoms with Crippen molar-refractivity contribution < 1.29 is 14.1 Å². The Kier molecular flexibility index (Phi) is 3.56. The van der Waals surface area contributed by atoms with Gasteiger partial charge in [0.15, 0.2) is 11.5 Å². The topological polar surface area (TPSA) is 73.4 Å². The summed E-state index contributed by atoms with van der Waals surface area (Å²) in [6.45, 7) is 4.77. The molecule has 0 fully saturated rings. The molecule has 0 spiro atoms. The lowest BCUT2D eigenvalue weighted by Gasteiger charge is -2.39. The molecular formula is C18H18N4O3. The van der Waals surface area contributed by atoms with Gasteiger partial charge in [-0.25, -0.2) is 0 Å². The van der Waals surface area contributed by atoms with Gasteiger partial charge >= 0.3 is 0 Å². The lowest BCUT2D eigenvalue weighted by Crippen LogP contribution is -2.49. The van der Waals surface area contributed by atoms with Gasteiger partial charge in [0.25, 0.3) is 5.91 Å². The maximum atomic E-state index is 13.0. The van der Waals surface area contributed by atoms with E-state index in [0.29, 0.717) is 24.6 Å². The van der Waals surface area contributed by atoms with E-state index in [-0.39, 0.29) is 11.6 Å². The summed E-state index contributed by atoms with van der Waals surface area (Å²) < 4.78 is 13.0. The van der Waals surface area contributed by atoms with Gasteiger partial charge in [0, 0.05) is 18.5 Å². The molecule has 4 rings (SSSR count). The number of ether oxygens (including phenoxy) is 1. The first-order valence-corrected chi connectivity index (χ1v) is 8.05. The van der Waals surface area contributed by atoms with Crippen molar-refractivity contribution in [2.75, 3.05) is 11.4 Å². The third kappa shape index (κ3) is 3.00. The molecule has 3 aromatic rings. The third-order valence-corrected chi connectivity index (χ3v) is 3.98. The smallest absolute Gasteiger partial charge is 0.280 e. The van der Waals surface area contributed by atoms with Crippen LogP contribution in [0.5, 0.6) is 5.75 Å². The Morgan fingerprint density at radius 2 is 2.12 bits per heavy atom. The van der Waals surface area contributed by atoms with Crippen LogP contribution < -0.4 is 9.64 Å². The van der Waals surface area contributed by atoms with Crippen LogP contribution in [0.25, 0.3) is 0 Å². The summed E-state index contributed by atoms with van der Waals surface area (Å²) in [4.78, 5) is 14.7. The largest absolute Gasteiger partial charge is 0.484 e. The predicted octanol–water partition coefficient (Wildman–Crippen LogP) is 2.74. The SMILES string of the molecule is CC1(C)CN(C(=O)c2cc(Cn3cccn3)on2)c2ccccc2O1. The number of benzene rings is 1. The number of fused-ring (bicyclic) bond motifs is 1. The Morgan fingerprint density at radius 1 is 1.28 bits per heavy atom. The summed E-state index contributed by atoms with van der Waals surface area (Å²) in [5.41, 5.74) is 0.532. The van der Waals surface area contributed by atoms with E-state index in [4.69, 9.17) is 9.26 Å². The number of rotatable bonds is 3. The molecular weight excluding hydrogens is 320 g/mol. The van der Waals surface area contributed by atoms with E-state index >= 15 is 0 Å². The molecule has 0 bridgehead atoms. The zero-order valence-electron chi connectivity index (χ0n) is 14.0. The number of amides is 1. The van der Waals surface area contributed by atoms with E-state index in [9.17, 15) is 4.79 Å². The average Bonchev–Trinajstić information content (AvgIpc) is 3.25. The normalized spacial score (nSPS) is 15.5. The molecule has 0 aliphatic carbocycles. The van der Waals surface area contributed by atoms with E-state index in [1.807, 2.05) is 50.4 Å². The molecule has 0 unspecified atom stereocenters. The molecule has 7 nitrogen and oxygen atoms in total. The highest BCUT2D eigenvalue weighted by Crippen LogP contribution is 2.37. The molecule has 2 aromatic heterocycles. The van der Waals surface area contributed by atoms with Crippen molar-refractivity contribution in [3.8, 4) is 5.75 Å². The summed E-state index contributed by atoms with van der Waals surface area (Å²) >= 11 is 0. The molecule has 0 saturated carbocycles. The van der Waals surface area contributed by atoms with Crippen LogP contribution in [0.15, 0.2) is 53.3 Å². The Morgan fingerprint density at radius 3 is 2.92 bits per heavy atom. The standard InChI is InChI=1S/C18H18N4O3/c1-18(2)12-22(15-6-3-4-7-16(15)24-18)17(23)14-10-13(25-20-14)11-21-9-5-8-19-21/h3-10H,11-12H2,1-2H3. The van der Waals surface area contributed by atoms with Crippen molar-refractivity contribution in [3.05, 3.63) is 60.2 Å². The minimum absolute atomic E-state index is 0.209. The van der Waals surface area contributed by atoms with Crippen molar-refractivity contribution in [2.24, 2.45) is 0 Å². The van der Waals surface area contributed by atoms with Crippen LogP contribution in [0.3, 0.4) is 0 Å². The van der Waals surface area contributed by atoms with E-state index < -0.39 is 5.60 Å². The summed E-state index contributed by atoms with van der Waals surface area (Å²) in [5.74, 6) is 1.06. The van der Waals surface area contributed by atoms with E-state index in [1.54, 1.807) is 21.8 Å². The van der Waals surface area contributed by atoms with E-state index in [2.05, 4.69) is 10.3 Å². The molecule has 1 amide bonds. The molecule has 0 N–H and O–H groups in total. The number of hydrogen-bond donors (Lipinski definition) is 0. The molecule has 128 valence electrons. The van der Waals surface area contributed by atoms with Crippen LogP contribution in [0.1, 0.15) is 30.1 Å². The first kappa shape index (κ1) is 15.4. The van der Waals surface area contributed by atoms with Crippen LogP contribution in [-0.2, 0) is 6.54 Å². The molecule has 1 aromatic carbocycles. The number of anilines is 1. The molecule has 3 heterocycles. The minimum Gasteiger partial charge on any atom is -0.484 e. The van der Waals surface area contributed by atoms with Gasteiger partial charge in [-0.15, -0.1) is 0 Å². The lowest BCUT2D eigenvalue weighted by molar-refractivity contribution is 0.0830. The average molecular weight is 338 g/mol. The molecule has 25 heavy (non-hydrogen) atoms. The highest BCUT2D eigenvalue weighted by molar-refractivity contribution is 6.06. The van der Waals surface area contributed by atoms with Gasteiger partial charge in [-0.1, -0.05) is 17.3 Å². The number of carbonyl (C=O) groups is 1. The van der Waals surface area contributed by atoms with Crippen LogP contribution in [-0.4, -0.2) is 33.0 Å². The second kappa shape index (κ2) is 5.77. The monoisotopic (exact) mass is 338 g/mol. The first-order valence-electron chi connectivity index (χ1n) is 8.05. The quantitative estimate of drug-likeness (QED) is 0.734. The van der Waals surface area contributed by atoms with Gasteiger partial charge in [0.1, 0.15) is 17.9 Å². The Labute approximate surface area is 144 Å². The highest BCUT2D eigenvalue weighted by atomic mass is 16.5. The molecule has 7 heteroatoms. The highest BCUT2D eigenvalue weighted by Gasteiger charge is 2.36. The number of aromatic nitrogens is 3. The van der Waals surface area contributed by atoms with Gasteiger partial charge in [-0.2, -0.15) is 5.10 Å². The van der Waals surface area contributed by atoms with Gasteiger partial charge in [-0.3, -0.25) is 14.4 Å². The summed E-state index contributed by atoms with van der Waals surface area (Å²) in [5, 5.41) is 8.07. The number of nitrogens with zero attached hydrogens (tertiary/aromatic N) is 4. The van der Waals surface area contributed by atoms with Crippen molar-refractivity contribution in [3.63, 3.8) is 0 Å². The molecule has 0 saturated heterocycles. The summed E-state index contributed by atoms with van der Waals surface area (Å²) in [7, 11) is 0. The van der Waals surface area contributed by atoms with Gasteiger partial charge in [0.2, 0.25) is 0 Å². The summed E-state index contributed by atoms with van der Waals surface area (Å²) in [6.07, 6.45) is 3.51. The van der Waals surface area contributed by atoms with Gasteiger partial charge in [0.05, 0.1) is 12.2 Å². The van der Waals surface area contributed by atoms with Crippen LogP contribution in [0.4, 0.5) is 5.69 Å². The molecule has 1 aliphatic rings. The first-order chi connectivity index (χ1) is 12.0. The van der Waals surface area contributed by atoms with Crippen molar-refractivity contribution >= 4 is 11.6 Å². The third-order valence-electron chi connectivity index (χ3n) is 3.98. The van der Waals surface area contributed by atoms with Gasteiger partial charge in [-0.05, 0) is 32.0 Å². The van der Waals surface area contributed by atoms with Gasteiger partial charge < -0.3 is 9.26 Å². The fraction of sp³-hybridized carbons (Fsp3) is 0.278. The minimum atomic E-state index is -0.481. The Bertz CT molecular complexity index is 899. The molecule has 0 atom stereocenters. The van der Waals surface area contributed by atoms with Crippen LogP contribution in [0, 0.1) is 0 Å². The zero-order chi connectivity index (χ0) is 17.4. The van der Waals surface area contributed by atoms with Crippen molar-refractivity contribution in [2.45, 2.75) is 26.0 Å². The number of carbonyl (C=O) groups excluding carboxylic acids is 1. The fourth-order valence-electron chi connectivity index (χ4n) is 2.92. The Hall–Kier alpha value is -3.09. The molecule has 1 aliphatic heterocycles.